The first-order valence-corrected chi connectivity index (χ1v) is 20.5. The van der Waals surface area contributed by atoms with Crippen molar-refractivity contribution in [3.8, 4) is 33.6 Å². The Kier molecular flexibility index (Phi) is 6.74. The summed E-state index contributed by atoms with van der Waals surface area (Å²) in [4.78, 5) is 0. The van der Waals surface area contributed by atoms with Gasteiger partial charge < -0.3 is 18.0 Å². The minimum absolute atomic E-state index is 0.340. The molecule has 12 aromatic rings. The number of furan rings is 2. The maximum Gasteiger partial charge on any atom is 0.137 e. The van der Waals surface area contributed by atoms with E-state index in [-0.39, 0.29) is 0 Å². The minimum Gasteiger partial charge on any atom is -0.456 e. The molecular formula is C55H36N2O2. The number of hydrogen-bond acceptors (Lipinski definition) is 2. The zero-order valence-corrected chi connectivity index (χ0v) is 32.3. The summed E-state index contributed by atoms with van der Waals surface area (Å²) in [5.74, 6) is 0.340. The van der Waals surface area contributed by atoms with Crippen molar-refractivity contribution in [2.45, 2.75) is 19.3 Å². The van der Waals surface area contributed by atoms with Crippen LogP contribution in [0.1, 0.15) is 30.5 Å². The fraction of sp³-hybridized carbons (Fsp3) is 0.0545. The third-order valence-electron chi connectivity index (χ3n) is 12.7. The van der Waals surface area contributed by atoms with Crippen molar-refractivity contribution >= 4 is 82.7 Å². The molecule has 0 radical (unpaired) electrons. The molecule has 1 atom stereocenters. The second-order valence-corrected chi connectivity index (χ2v) is 16.1. The van der Waals surface area contributed by atoms with E-state index in [1.165, 1.54) is 49.6 Å². The van der Waals surface area contributed by atoms with E-state index in [1.807, 2.05) is 0 Å². The Hall–Kier alpha value is -7.56. The molecule has 1 aliphatic carbocycles. The van der Waals surface area contributed by atoms with Crippen LogP contribution in [0.2, 0.25) is 0 Å². The second kappa shape index (κ2) is 12.2. The Morgan fingerprint density at radius 1 is 0.441 bits per heavy atom. The predicted molar refractivity (Wildman–Crippen MR) is 245 cm³/mol. The third kappa shape index (κ3) is 4.71. The van der Waals surface area contributed by atoms with Gasteiger partial charge in [0, 0.05) is 72.3 Å². The van der Waals surface area contributed by atoms with Gasteiger partial charge in [-0.1, -0.05) is 110 Å². The summed E-state index contributed by atoms with van der Waals surface area (Å²) in [5, 5.41) is 8.22. The lowest BCUT2D eigenvalue weighted by molar-refractivity contribution is 0.668. The maximum absolute atomic E-state index is 6.62. The van der Waals surface area contributed by atoms with Crippen LogP contribution in [0.5, 0.6) is 0 Å². The molecular weight excluding hydrogens is 721 g/mol. The van der Waals surface area contributed by atoms with Crippen LogP contribution >= 0.6 is 0 Å². The van der Waals surface area contributed by atoms with Crippen LogP contribution in [0, 0.1) is 0 Å². The van der Waals surface area contributed by atoms with Gasteiger partial charge >= 0.3 is 0 Å². The van der Waals surface area contributed by atoms with Crippen LogP contribution in [0.15, 0.2) is 185 Å². The molecule has 4 nitrogen and oxygen atoms in total. The molecule has 0 amide bonds. The van der Waals surface area contributed by atoms with Crippen molar-refractivity contribution in [1.82, 2.24) is 9.13 Å². The largest absolute Gasteiger partial charge is 0.456 e. The average Bonchev–Trinajstić information content (AvgIpc) is 4.03. The SMILES string of the molecule is CC1CC=Cc2c1n(-c1ccc3oc4cccc(-c5ccc6c(c5)c5ccccc5n6-c5ccccc5)c4c3c1)c1cc3oc4ccc(-c5ccccc5)cc4c3cc21. The highest BCUT2D eigenvalue weighted by Crippen LogP contribution is 2.45. The molecule has 278 valence electrons. The Morgan fingerprint density at radius 2 is 1.17 bits per heavy atom. The van der Waals surface area contributed by atoms with Crippen molar-refractivity contribution in [1.29, 1.82) is 0 Å². The summed E-state index contributed by atoms with van der Waals surface area (Å²) in [7, 11) is 0. The molecule has 59 heavy (non-hydrogen) atoms. The summed E-state index contributed by atoms with van der Waals surface area (Å²) in [6, 6.07) is 61.2. The minimum atomic E-state index is 0.340. The maximum atomic E-state index is 6.62. The molecule has 4 heteroatoms. The molecule has 0 N–H and O–H groups in total. The van der Waals surface area contributed by atoms with E-state index in [0.29, 0.717) is 5.92 Å². The molecule has 1 unspecified atom stereocenters. The van der Waals surface area contributed by atoms with E-state index in [0.717, 1.165) is 78.3 Å². The van der Waals surface area contributed by atoms with Crippen molar-refractivity contribution in [3.63, 3.8) is 0 Å². The first-order chi connectivity index (χ1) is 29.2. The molecule has 0 fully saturated rings. The molecule has 8 aromatic carbocycles. The smallest absolute Gasteiger partial charge is 0.137 e. The van der Waals surface area contributed by atoms with Gasteiger partial charge in [0.25, 0.3) is 0 Å². The van der Waals surface area contributed by atoms with Crippen LogP contribution in [-0.2, 0) is 0 Å². The van der Waals surface area contributed by atoms with E-state index in [2.05, 4.69) is 198 Å². The molecule has 4 heterocycles. The topological polar surface area (TPSA) is 36.1 Å². The van der Waals surface area contributed by atoms with Crippen molar-refractivity contribution < 1.29 is 8.83 Å². The van der Waals surface area contributed by atoms with Gasteiger partial charge in [0.05, 0.1) is 16.6 Å². The molecule has 0 saturated heterocycles. The normalized spacial score (nSPS) is 14.2. The molecule has 0 spiro atoms. The number of aromatic nitrogens is 2. The van der Waals surface area contributed by atoms with Gasteiger partial charge in [-0.05, 0) is 101 Å². The fourth-order valence-electron chi connectivity index (χ4n) is 10.0. The van der Waals surface area contributed by atoms with Gasteiger partial charge in [0.1, 0.15) is 22.3 Å². The average molecular weight is 757 g/mol. The number of nitrogens with zero attached hydrogens (tertiary/aromatic N) is 2. The predicted octanol–water partition coefficient (Wildman–Crippen LogP) is 15.4. The van der Waals surface area contributed by atoms with Gasteiger partial charge in [-0.15, -0.1) is 0 Å². The van der Waals surface area contributed by atoms with Gasteiger partial charge in [-0.2, -0.15) is 0 Å². The lowest BCUT2D eigenvalue weighted by Crippen LogP contribution is -2.06. The highest BCUT2D eigenvalue weighted by atomic mass is 16.3. The highest BCUT2D eigenvalue weighted by Gasteiger charge is 2.26. The fourth-order valence-corrected chi connectivity index (χ4v) is 10.0. The van der Waals surface area contributed by atoms with Crippen LogP contribution in [-0.4, -0.2) is 9.13 Å². The van der Waals surface area contributed by atoms with E-state index < -0.39 is 0 Å². The Bertz CT molecular complexity index is 3710. The van der Waals surface area contributed by atoms with Crippen molar-refractivity contribution in [3.05, 3.63) is 187 Å². The lowest BCUT2D eigenvalue weighted by Gasteiger charge is -2.19. The standard InChI is InChI=1S/C55H36N2O2/c1-33-12-10-19-41-43-31-45-44-28-35(34-13-4-2-5-14-34)23-26-50(44)59-53(45)32-49(43)57(55(33)41)38-24-27-51-46(30-38)54-39(18-11-21-52(54)58-51)36-22-25-48-42(29-36)40-17-8-9-20-47(40)56(48)37-15-6-3-7-16-37/h2-11,13-33H,12H2,1H3. The van der Waals surface area contributed by atoms with E-state index in [1.54, 1.807) is 0 Å². The first kappa shape index (κ1) is 32.5. The van der Waals surface area contributed by atoms with Crippen molar-refractivity contribution in [2.24, 2.45) is 0 Å². The summed E-state index contributed by atoms with van der Waals surface area (Å²) in [5.41, 5.74) is 16.7. The number of allylic oxidation sites excluding steroid dienone is 1. The zero-order chi connectivity index (χ0) is 38.8. The number of para-hydroxylation sites is 2. The lowest BCUT2D eigenvalue weighted by atomic mass is 9.93. The van der Waals surface area contributed by atoms with Crippen LogP contribution in [0.4, 0.5) is 0 Å². The van der Waals surface area contributed by atoms with E-state index >= 15 is 0 Å². The van der Waals surface area contributed by atoms with Crippen LogP contribution < -0.4 is 0 Å². The summed E-state index contributed by atoms with van der Waals surface area (Å²) >= 11 is 0. The van der Waals surface area contributed by atoms with E-state index in [4.69, 9.17) is 8.83 Å². The quantitative estimate of drug-likeness (QED) is 0.179. The van der Waals surface area contributed by atoms with Gasteiger partial charge in [-0.3, -0.25) is 0 Å². The molecule has 0 aliphatic heterocycles. The third-order valence-corrected chi connectivity index (χ3v) is 12.7. The summed E-state index contributed by atoms with van der Waals surface area (Å²) in [6.07, 6.45) is 5.65. The summed E-state index contributed by atoms with van der Waals surface area (Å²) in [6.45, 7) is 2.35. The highest BCUT2D eigenvalue weighted by molar-refractivity contribution is 6.16. The number of rotatable bonds is 4. The monoisotopic (exact) mass is 756 g/mol. The second-order valence-electron chi connectivity index (χ2n) is 16.1. The number of benzene rings is 8. The Balaban J connectivity index is 1.02. The van der Waals surface area contributed by atoms with Gasteiger partial charge in [-0.25, -0.2) is 0 Å². The van der Waals surface area contributed by atoms with Crippen LogP contribution in [0.3, 0.4) is 0 Å². The van der Waals surface area contributed by atoms with Crippen LogP contribution in [0.25, 0.3) is 116 Å². The molecule has 0 saturated carbocycles. The zero-order valence-electron chi connectivity index (χ0n) is 32.3. The molecule has 0 bridgehead atoms. The first-order valence-electron chi connectivity index (χ1n) is 20.5. The molecule has 1 aliphatic rings. The number of fused-ring (bicyclic) bond motifs is 12. The van der Waals surface area contributed by atoms with Crippen molar-refractivity contribution in [2.75, 3.05) is 0 Å². The Labute approximate surface area is 339 Å². The molecule has 4 aromatic heterocycles. The van der Waals surface area contributed by atoms with Gasteiger partial charge in [0.2, 0.25) is 0 Å². The van der Waals surface area contributed by atoms with Gasteiger partial charge in [0.15, 0.2) is 0 Å². The summed E-state index contributed by atoms with van der Waals surface area (Å²) < 4.78 is 18.1. The number of hydrogen-bond donors (Lipinski definition) is 0. The molecule has 13 rings (SSSR count). The Morgan fingerprint density at radius 3 is 2.07 bits per heavy atom. The van der Waals surface area contributed by atoms with E-state index in [9.17, 15) is 0 Å².